The summed E-state index contributed by atoms with van der Waals surface area (Å²) in [6, 6.07) is 0. The quantitative estimate of drug-likeness (QED) is 0.114. The van der Waals surface area contributed by atoms with Gasteiger partial charge in [-0.2, -0.15) is 0 Å². The molecule has 4 aliphatic carbocycles. The molecule has 8 bridgehead atoms. The Morgan fingerprint density at radius 3 is 0.604 bits per heavy atom. The van der Waals surface area contributed by atoms with E-state index in [4.69, 9.17) is 0 Å². The first-order valence-electron chi connectivity index (χ1n) is 19.8. The zero-order valence-electron chi connectivity index (χ0n) is 32.8. The molecular formula is C36H68K2N8O2. The van der Waals surface area contributed by atoms with E-state index in [-0.39, 0.29) is 106 Å². The maximum Gasteiger partial charge on any atom is 1.00 e. The van der Waals surface area contributed by atoms with Gasteiger partial charge in [0.2, 0.25) is 0 Å². The third-order valence-corrected chi connectivity index (χ3v) is 14.3. The van der Waals surface area contributed by atoms with Crippen LogP contribution < -0.4 is 145 Å². The average Bonchev–Trinajstić information content (AvgIpc) is 3.83. The van der Waals surface area contributed by atoms with Crippen molar-refractivity contribution in [2.24, 2.45) is 47.3 Å². The zero-order chi connectivity index (χ0) is 31.0. The van der Waals surface area contributed by atoms with Gasteiger partial charge >= 0.3 is 103 Å². The van der Waals surface area contributed by atoms with Crippen molar-refractivity contribution in [3.63, 3.8) is 0 Å². The van der Waals surface area contributed by atoms with Crippen LogP contribution in [-0.2, 0) is 9.47 Å². The normalized spacial score (nSPS) is 49.1. The molecular weight excluding hydrogens is 655 g/mol. The number of ether oxygens (including phenoxy) is 2. The molecule has 5 saturated heterocycles. The van der Waals surface area contributed by atoms with Crippen LogP contribution >= 0.6 is 0 Å². The average molecular weight is 723 g/mol. The van der Waals surface area contributed by atoms with E-state index in [0.717, 1.165) is 47.3 Å². The molecule has 12 heteroatoms. The predicted octanol–water partition coefficient (Wildman–Crippen LogP) is -2.88. The second-order valence-electron chi connectivity index (χ2n) is 16.6. The number of hydrogen-bond donors (Lipinski definition) is 8. The van der Waals surface area contributed by atoms with Gasteiger partial charge in [-0.3, -0.25) is 42.5 Å². The predicted molar refractivity (Wildman–Crippen MR) is 183 cm³/mol. The molecule has 8 N–H and O–H groups in total. The number of nitrogens with one attached hydrogen (secondary N) is 8. The van der Waals surface area contributed by atoms with Crippen LogP contribution in [0.2, 0.25) is 0 Å². The fourth-order valence-corrected chi connectivity index (χ4v) is 12.1. The molecule has 0 radical (unpaired) electrons. The van der Waals surface area contributed by atoms with Crippen molar-refractivity contribution >= 4 is 0 Å². The molecule has 266 valence electrons. The Balaban J connectivity index is 0.000000521. The van der Waals surface area contributed by atoms with Crippen molar-refractivity contribution < 1.29 is 115 Å². The van der Waals surface area contributed by atoms with E-state index in [9.17, 15) is 0 Å². The molecule has 48 heavy (non-hydrogen) atoms. The maximum atomic E-state index is 4.66. The van der Waals surface area contributed by atoms with Crippen LogP contribution in [0.15, 0.2) is 0 Å². The minimum Gasteiger partial charge on any atom is -1.00 e. The van der Waals surface area contributed by atoms with Gasteiger partial charge in [-0.15, -0.1) is 0 Å². The molecule has 8 atom stereocenters. The summed E-state index contributed by atoms with van der Waals surface area (Å²) in [5.41, 5.74) is 0. The van der Waals surface area contributed by atoms with Crippen molar-refractivity contribution in [1.29, 1.82) is 0 Å². The molecule has 0 aromatic heterocycles. The molecule has 9 rings (SSSR count). The number of rotatable bonds is 3. The van der Waals surface area contributed by atoms with Crippen LogP contribution in [0.4, 0.5) is 0 Å². The molecule has 4 saturated carbocycles. The number of hydrogen-bond acceptors (Lipinski definition) is 10. The van der Waals surface area contributed by atoms with E-state index >= 15 is 0 Å². The van der Waals surface area contributed by atoms with Gasteiger partial charge in [0.1, 0.15) is 0 Å². The summed E-state index contributed by atoms with van der Waals surface area (Å²) in [6.45, 7) is 1.38. The monoisotopic (exact) mass is 722 g/mol. The van der Waals surface area contributed by atoms with Crippen molar-refractivity contribution in [2.45, 2.75) is 152 Å². The third-order valence-electron chi connectivity index (χ3n) is 14.3. The first-order chi connectivity index (χ1) is 22.7. The van der Waals surface area contributed by atoms with E-state index in [1.54, 1.807) is 14.2 Å². The van der Waals surface area contributed by atoms with Gasteiger partial charge in [-0.1, -0.05) is 51.4 Å². The van der Waals surface area contributed by atoms with Crippen molar-refractivity contribution in [2.75, 3.05) is 27.4 Å². The molecule has 0 aromatic rings. The summed E-state index contributed by atoms with van der Waals surface area (Å²) in [6.07, 6.45) is 25.6. The smallest absolute Gasteiger partial charge is 1.00 e. The van der Waals surface area contributed by atoms with E-state index in [1.807, 2.05) is 0 Å². The second kappa shape index (κ2) is 19.1. The summed E-state index contributed by atoms with van der Waals surface area (Å²) < 4.78 is 9.31. The van der Waals surface area contributed by atoms with Crippen LogP contribution in [0.25, 0.3) is 0 Å². The molecule has 9 fully saturated rings. The van der Waals surface area contributed by atoms with Crippen molar-refractivity contribution in [1.82, 2.24) is 42.5 Å². The summed E-state index contributed by atoms with van der Waals surface area (Å²) in [5, 5.41) is 33.8. The largest absolute Gasteiger partial charge is 1.00 e. The zero-order valence-corrected chi connectivity index (χ0v) is 37.0. The van der Waals surface area contributed by atoms with E-state index in [2.05, 4.69) is 52.0 Å². The third kappa shape index (κ3) is 8.64. The minimum atomic E-state index is 0. The Hall–Kier alpha value is 2.87. The van der Waals surface area contributed by atoms with Crippen LogP contribution in [0, 0.1) is 47.3 Å². The molecule has 5 aliphatic heterocycles. The second-order valence-corrected chi connectivity index (χ2v) is 16.6. The molecule has 9 aliphatic rings. The Morgan fingerprint density at radius 2 is 0.479 bits per heavy atom. The van der Waals surface area contributed by atoms with Gasteiger partial charge in [-0.25, -0.2) is 0 Å². The Labute approximate surface area is 379 Å². The van der Waals surface area contributed by atoms with Gasteiger partial charge in [0.25, 0.3) is 0 Å². The summed E-state index contributed by atoms with van der Waals surface area (Å²) in [7, 11) is 3.30. The summed E-state index contributed by atoms with van der Waals surface area (Å²) in [5.74, 6) is 5.97. The molecule has 5 heterocycles. The topological polar surface area (TPSA) is 115 Å². The van der Waals surface area contributed by atoms with E-state index in [0.29, 0.717) is 62.5 Å². The fraction of sp³-hybridized carbons (Fsp3) is 1.00. The summed E-state index contributed by atoms with van der Waals surface area (Å²) in [4.78, 5) is 0. The number of methoxy groups -OCH3 is 2. The van der Waals surface area contributed by atoms with Crippen molar-refractivity contribution in [3.8, 4) is 0 Å². The Bertz CT molecular complexity index is 804. The minimum absolute atomic E-state index is 0. The molecule has 0 spiro atoms. The van der Waals surface area contributed by atoms with Gasteiger partial charge < -0.3 is 12.3 Å². The van der Waals surface area contributed by atoms with Crippen LogP contribution in [-0.4, -0.2) is 76.8 Å². The molecule has 10 nitrogen and oxygen atoms in total. The van der Waals surface area contributed by atoms with Crippen LogP contribution in [0.3, 0.4) is 0 Å². The van der Waals surface area contributed by atoms with Gasteiger partial charge in [0.15, 0.2) is 0 Å². The first kappa shape index (κ1) is 40.5. The maximum absolute atomic E-state index is 4.66. The standard InChI is InChI=1S/C32H56N8.C4H10O2.2K.2H/c1-2-10-18-17(9-1)25-33-26(18)38-28-21-13-5-6-14-22(21)30(35-28)40-32-24-16-8-7-15-23(24)31(36-32)39-29-20-12-4-3-11-19(20)27(34-29)37-25;1-5-3-4-6-2;;;;/h17-40H,1-16H2;3-4H2,1-2H3;;;;/q;;2*+1;2*-1. The molecule has 0 aromatic carbocycles. The van der Waals surface area contributed by atoms with Crippen molar-refractivity contribution in [3.05, 3.63) is 0 Å². The number of fused-ring (bicyclic) bond motifs is 20. The van der Waals surface area contributed by atoms with Gasteiger partial charge in [-0.05, 0) is 98.7 Å². The first-order valence-corrected chi connectivity index (χ1v) is 19.8. The summed E-state index contributed by atoms with van der Waals surface area (Å²) >= 11 is 0. The van der Waals surface area contributed by atoms with Gasteiger partial charge in [0, 0.05) is 14.2 Å². The molecule has 0 amide bonds. The Kier molecular flexibility index (Phi) is 16.2. The van der Waals surface area contributed by atoms with Crippen LogP contribution in [0.5, 0.6) is 0 Å². The van der Waals surface area contributed by atoms with Crippen LogP contribution in [0.1, 0.15) is 106 Å². The SMILES string of the molecule is C1CCC2C3NC(NC4NC(NC5NC(NC6NC(N3)C3CCCCC63)C3CCCCC53)C3CCCCC43)C2C1.COCCOC.[H-].[H-].[K+].[K+]. The Morgan fingerprint density at radius 1 is 0.333 bits per heavy atom. The van der Waals surface area contributed by atoms with Gasteiger partial charge in [0.05, 0.1) is 62.5 Å². The van der Waals surface area contributed by atoms with E-state index in [1.165, 1.54) is 103 Å². The molecule has 8 unspecified atom stereocenters. The van der Waals surface area contributed by atoms with E-state index < -0.39 is 0 Å². The fourth-order valence-electron chi connectivity index (χ4n) is 12.1.